The van der Waals surface area contributed by atoms with E-state index >= 15 is 0 Å². The SMILES string of the molecule is N#CC1(c2cc(Br)cc(C(CC(=O)O)NC(=O)CNC(=O)c3cc(O)cc(NC4=NCC(F)CN4)c3)c2)CC1. The number of phenols is 1. The number of carbonyl (C=O) groups is 3. The molecule has 2 aromatic rings. The lowest BCUT2D eigenvalue weighted by Crippen LogP contribution is -2.41. The van der Waals surface area contributed by atoms with Gasteiger partial charge in [0.15, 0.2) is 5.96 Å². The molecule has 2 amide bonds. The fraction of sp³-hybridized carbons (Fsp3) is 0.346. The van der Waals surface area contributed by atoms with Crippen molar-refractivity contribution in [3.63, 3.8) is 0 Å². The van der Waals surface area contributed by atoms with Crippen molar-refractivity contribution in [3.05, 3.63) is 57.6 Å². The number of aliphatic imine (C=N–C) groups is 1. The molecule has 0 bridgehead atoms. The van der Waals surface area contributed by atoms with Gasteiger partial charge in [0.1, 0.15) is 11.9 Å². The summed E-state index contributed by atoms with van der Waals surface area (Å²) < 4.78 is 13.9. The first-order valence-electron chi connectivity index (χ1n) is 12.1. The predicted molar refractivity (Wildman–Crippen MR) is 143 cm³/mol. The van der Waals surface area contributed by atoms with Crippen molar-refractivity contribution in [2.75, 3.05) is 25.0 Å². The molecule has 2 atom stereocenters. The lowest BCUT2D eigenvalue weighted by Gasteiger charge is -2.20. The molecule has 11 nitrogen and oxygen atoms in total. The van der Waals surface area contributed by atoms with Crippen molar-refractivity contribution in [1.29, 1.82) is 5.26 Å². The molecule has 1 fully saturated rings. The van der Waals surface area contributed by atoms with Crippen LogP contribution < -0.4 is 21.3 Å². The molecule has 0 saturated heterocycles. The Morgan fingerprint density at radius 3 is 2.64 bits per heavy atom. The van der Waals surface area contributed by atoms with Crippen LogP contribution in [0, 0.1) is 11.3 Å². The number of nitrogens with zero attached hydrogens (tertiary/aromatic N) is 2. The molecule has 6 N–H and O–H groups in total. The largest absolute Gasteiger partial charge is 0.508 e. The van der Waals surface area contributed by atoms with Gasteiger partial charge in [-0.1, -0.05) is 22.0 Å². The van der Waals surface area contributed by atoms with E-state index in [4.69, 9.17) is 0 Å². The summed E-state index contributed by atoms with van der Waals surface area (Å²) in [7, 11) is 0. The van der Waals surface area contributed by atoms with E-state index in [0.29, 0.717) is 34.5 Å². The zero-order valence-corrected chi connectivity index (χ0v) is 22.2. The Bertz CT molecular complexity index is 1370. The van der Waals surface area contributed by atoms with Gasteiger partial charge < -0.3 is 31.5 Å². The summed E-state index contributed by atoms with van der Waals surface area (Å²) in [6.45, 7) is -0.390. The summed E-state index contributed by atoms with van der Waals surface area (Å²) in [5.41, 5.74) is 1.04. The van der Waals surface area contributed by atoms with E-state index in [-0.39, 0.29) is 24.4 Å². The number of hydrogen-bond donors (Lipinski definition) is 6. The van der Waals surface area contributed by atoms with Gasteiger partial charge in [0.2, 0.25) is 5.91 Å². The van der Waals surface area contributed by atoms with Crippen LogP contribution in [0.25, 0.3) is 0 Å². The number of halogens is 2. The van der Waals surface area contributed by atoms with Crippen LogP contribution in [-0.4, -0.2) is 59.8 Å². The number of anilines is 1. The summed E-state index contributed by atoms with van der Waals surface area (Å²) in [6, 6.07) is 10.6. The minimum Gasteiger partial charge on any atom is -0.508 e. The van der Waals surface area contributed by atoms with Crippen molar-refractivity contribution in [1.82, 2.24) is 16.0 Å². The molecule has 2 aliphatic rings. The summed E-state index contributed by atoms with van der Waals surface area (Å²) in [6.07, 6.45) is -0.0926. The Morgan fingerprint density at radius 1 is 1.23 bits per heavy atom. The monoisotopic (exact) mass is 600 g/mol. The number of carbonyl (C=O) groups excluding carboxylic acids is 2. The summed E-state index contributed by atoms with van der Waals surface area (Å²) in [5, 5.41) is 39.7. The Labute approximate surface area is 231 Å². The smallest absolute Gasteiger partial charge is 0.305 e. The average molecular weight is 601 g/mol. The minimum absolute atomic E-state index is 0.0140. The van der Waals surface area contributed by atoms with Crippen molar-refractivity contribution in [2.24, 2.45) is 4.99 Å². The molecule has 0 aromatic heterocycles. The van der Waals surface area contributed by atoms with E-state index < -0.39 is 48.4 Å². The molecule has 0 radical (unpaired) electrons. The lowest BCUT2D eigenvalue weighted by atomic mass is 9.93. The topological polar surface area (TPSA) is 176 Å². The van der Waals surface area contributed by atoms with Gasteiger partial charge in [-0.25, -0.2) is 9.38 Å². The molecule has 4 rings (SSSR count). The highest BCUT2D eigenvalue weighted by Gasteiger charge is 2.45. The Hall–Kier alpha value is -4.18. The number of guanidine groups is 1. The first kappa shape index (κ1) is 27.8. The average Bonchev–Trinajstić information content (AvgIpc) is 3.69. The highest BCUT2D eigenvalue weighted by molar-refractivity contribution is 9.10. The van der Waals surface area contributed by atoms with Crippen molar-refractivity contribution < 1.29 is 29.0 Å². The first-order chi connectivity index (χ1) is 18.6. The van der Waals surface area contributed by atoms with Gasteiger partial charge in [-0.15, -0.1) is 0 Å². The maximum Gasteiger partial charge on any atom is 0.305 e. The second-order valence-electron chi connectivity index (χ2n) is 9.43. The molecule has 2 unspecified atom stereocenters. The predicted octanol–water partition coefficient (Wildman–Crippen LogP) is 2.48. The highest BCUT2D eigenvalue weighted by Crippen LogP contribution is 2.48. The third-order valence-corrected chi connectivity index (χ3v) is 6.80. The van der Waals surface area contributed by atoms with Crippen LogP contribution in [0.15, 0.2) is 45.9 Å². The van der Waals surface area contributed by atoms with E-state index in [1.807, 2.05) is 6.07 Å². The number of phenolic OH excluding ortho intramolecular Hbond substituents is 1. The number of nitrogens with one attached hydrogen (secondary N) is 4. The van der Waals surface area contributed by atoms with Gasteiger partial charge in [0.05, 0.1) is 43.6 Å². The second-order valence-corrected chi connectivity index (χ2v) is 10.3. The number of alkyl halides is 1. The van der Waals surface area contributed by atoms with Gasteiger partial charge in [-0.3, -0.25) is 14.4 Å². The fourth-order valence-corrected chi connectivity index (χ4v) is 4.68. The Kier molecular flexibility index (Phi) is 8.35. The number of aliphatic carboxylic acids is 1. The number of amides is 2. The standard InChI is InChI=1S/C26H26BrFN6O5/c27-17-4-14(3-16(7-17)26(13-29)1-2-26)21(9-23(37)38)34-22(36)12-30-24(39)15-5-19(8-20(35)6-15)33-25-31-10-18(28)11-32-25/h3-8,18,21,35H,1-2,9-12H2,(H,30,39)(H,34,36)(H,37,38)(H2,31,32,33). The molecular formula is C26H26BrFN6O5. The second kappa shape index (κ2) is 11.7. The molecule has 1 aliphatic carbocycles. The maximum atomic E-state index is 13.3. The van der Waals surface area contributed by atoms with Crippen LogP contribution in [0.2, 0.25) is 0 Å². The fourth-order valence-electron chi connectivity index (χ4n) is 4.17. The van der Waals surface area contributed by atoms with Crippen molar-refractivity contribution >= 4 is 45.4 Å². The van der Waals surface area contributed by atoms with Crippen LogP contribution in [0.5, 0.6) is 5.75 Å². The Balaban J connectivity index is 1.41. The number of benzene rings is 2. The molecule has 1 aliphatic heterocycles. The van der Waals surface area contributed by atoms with Gasteiger partial charge >= 0.3 is 5.97 Å². The number of aromatic hydroxyl groups is 1. The highest BCUT2D eigenvalue weighted by atomic mass is 79.9. The third kappa shape index (κ3) is 7.23. The van der Waals surface area contributed by atoms with Gasteiger partial charge in [0, 0.05) is 21.8 Å². The number of carboxylic acid groups (broad SMARTS) is 1. The van der Waals surface area contributed by atoms with Crippen molar-refractivity contribution in [3.8, 4) is 11.8 Å². The maximum absolute atomic E-state index is 13.3. The number of rotatable bonds is 9. The van der Waals surface area contributed by atoms with E-state index in [1.54, 1.807) is 12.1 Å². The lowest BCUT2D eigenvalue weighted by molar-refractivity contribution is -0.137. The zero-order valence-electron chi connectivity index (χ0n) is 20.6. The van der Waals surface area contributed by atoms with E-state index in [1.165, 1.54) is 18.2 Å². The Morgan fingerprint density at radius 2 is 2.00 bits per heavy atom. The van der Waals surface area contributed by atoms with E-state index in [9.17, 15) is 34.2 Å². The number of nitriles is 1. The van der Waals surface area contributed by atoms with E-state index in [0.717, 1.165) is 5.56 Å². The van der Waals surface area contributed by atoms with Crippen LogP contribution in [0.3, 0.4) is 0 Å². The van der Waals surface area contributed by atoms with Crippen LogP contribution in [-0.2, 0) is 15.0 Å². The van der Waals surface area contributed by atoms with Crippen LogP contribution in [0.4, 0.5) is 10.1 Å². The summed E-state index contributed by atoms with van der Waals surface area (Å²) in [4.78, 5) is 40.9. The molecular weight excluding hydrogens is 575 g/mol. The van der Waals surface area contributed by atoms with Crippen LogP contribution >= 0.6 is 15.9 Å². The first-order valence-corrected chi connectivity index (χ1v) is 12.9. The third-order valence-electron chi connectivity index (χ3n) is 6.34. The van der Waals surface area contributed by atoms with E-state index in [2.05, 4.69) is 48.3 Å². The quantitative estimate of drug-likeness (QED) is 0.254. The zero-order chi connectivity index (χ0) is 28.2. The summed E-state index contributed by atoms with van der Waals surface area (Å²) >= 11 is 3.40. The van der Waals surface area contributed by atoms with Crippen LogP contribution in [0.1, 0.15) is 46.8 Å². The molecule has 2 aromatic carbocycles. The molecule has 0 spiro atoms. The molecule has 204 valence electrons. The number of carboxylic acids is 1. The molecule has 39 heavy (non-hydrogen) atoms. The summed E-state index contributed by atoms with van der Waals surface area (Å²) in [5.74, 6) is -2.34. The normalized spacial score (nSPS) is 18.0. The molecule has 1 saturated carbocycles. The van der Waals surface area contributed by atoms with Gasteiger partial charge in [-0.05, 0) is 48.2 Å². The van der Waals surface area contributed by atoms with Gasteiger partial charge in [0.25, 0.3) is 5.91 Å². The van der Waals surface area contributed by atoms with Gasteiger partial charge in [-0.2, -0.15) is 5.26 Å². The molecule has 1 heterocycles. The molecule has 13 heteroatoms. The number of hydrogen-bond acceptors (Lipinski definition) is 8. The minimum atomic E-state index is -1.13. The van der Waals surface area contributed by atoms with Crippen molar-refractivity contribution in [2.45, 2.75) is 36.9 Å².